The second-order valence-corrected chi connectivity index (χ2v) is 8.33. The van der Waals surface area contributed by atoms with Crippen LogP contribution in [0, 0.1) is 5.41 Å². The van der Waals surface area contributed by atoms with Crippen molar-refractivity contribution in [3.05, 3.63) is 11.6 Å². The lowest BCUT2D eigenvalue weighted by molar-refractivity contribution is 0.103. The molecular weight excluding hydrogens is 248 g/mol. The molecule has 0 aromatic carbocycles. The van der Waals surface area contributed by atoms with Gasteiger partial charge in [-0.05, 0) is 56.5 Å². The first-order chi connectivity index (χ1) is 8.31. The summed E-state index contributed by atoms with van der Waals surface area (Å²) in [5.74, 6) is 2.69. The number of fused-ring (bicyclic) bond motifs is 1. The lowest BCUT2D eigenvalue weighted by Crippen LogP contribution is -2.41. The fraction of sp³-hybridized carbons (Fsp3) is 0.857. The van der Waals surface area contributed by atoms with Crippen LogP contribution in [0.5, 0.6) is 0 Å². The molecule has 0 unspecified atom stereocenters. The smallest absolute Gasteiger partial charge is 0.0595 e. The SMILES string of the molecule is O[C@H]1CC[C@@]2(C3SCCCS3)CCCC=C2C1. The van der Waals surface area contributed by atoms with Gasteiger partial charge in [0.25, 0.3) is 0 Å². The lowest BCUT2D eigenvalue weighted by atomic mass is 9.65. The summed E-state index contributed by atoms with van der Waals surface area (Å²) >= 11 is 4.38. The van der Waals surface area contributed by atoms with E-state index >= 15 is 0 Å². The fourth-order valence-electron chi connectivity index (χ4n) is 3.60. The summed E-state index contributed by atoms with van der Waals surface area (Å²) in [5.41, 5.74) is 2.06. The average Bonchev–Trinajstić information content (AvgIpc) is 2.40. The predicted octanol–water partition coefficient (Wildman–Crippen LogP) is 3.82. The lowest BCUT2D eigenvalue weighted by Gasteiger charge is -2.49. The topological polar surface area (TPSA) is 20.2 Å². The predicted molar refractivity (Wildman–Crippen MR) is 77.5 cm³/mol. The zero-order valence-corrected chi connectivity index (χ0v) is 12.0. The third-order valence-electron chi connectivity index (χ3n) is 4.51. The third kappa shape index (κ3) is 2.31. The van der Waals surface area contributed by atoms with E-state index in [9.17, 15) is 5.11 Å². The second kappa shape index (κ2) is 5.18. The molecule has 17 heavy (non-hydrogen) atoms. The first-order valence-electron chi connectivity index (χ1n) is 6.92. The maximum atomic E-state index is 9.91. The third-order valence-corrected chi connectivity index (χ3v) is 7.89. The van der Waals surface area contributed by atoms with E-state index < -0.39 is 0 Å². The molecule has 0 amide bonds. The van der Waals surface area contributed by atoms with Crippen LogP contribution in [0.15, 0.2) is 11.6 Å². The van der Waals surface area contributed by atoms with Crippen molar-refractivity contribution in [2.75, 3.05) is 11.5 Å². The molecule has 0 bridgehead atoms. The van der Waals surface area contributed by atoms with Crippen molar-refractivity contribution in [1.29, 1.82) is 0 Å². The quantitative estimate of drug-likeness (QED) is 0.731. The van der Waals surface area contributed by atoms with Crippen LogP contribution < -0.4 is 0 Å². The minimum Gasteiger partial charge on any atom is -0.393 e. The summed E-state index contributed by atoms with van der Waals surface area (Å²) in [5, 5.41) is 9.91. The van der Waals surface area contributed by atoms with Gasteiger partial charge in [-0.2, -0.15) is 0 Å². The summed E-state index contributed by atoms with van der Waals surface area (Å²) in [6.07, 6.45) is 11.0. The van der Waals surface area contributed by atoms with Gasteiger partial charge in [0, 0.05) is 5.41 Å². The summed E-state index contributed by atoms with van der Waals surface area (Å²) in [6.45, 7) is 0. The standard InChI is InChI=1S/C14H22OS2/c15-12-5-7-14(13-16-8-3-9-17-13)6-2-1-4-11(14)10-12/h4,12-13,15H,1-3,5-10H2/t12-,14-/m0/s1. The number of aliphatic hydroxyl groups excluding tert-OH is 1. The molecule has 3 heteroatoms. The first kappa shape index (κ1) is 12.4. The van der Waals surface area contributed by atoms with Crippen LogP contribution in [-0.2, 0) is 0 Å². The zero-order chi connectivity index (χ0) is 11.7. The first-order valence-corrected chi connectivity index (χ1v) is 9.02. The highest BCUT2D eigenvalue weighted by atomic mass is 32.2. The molecule has 2 aliphatic carbocycles. The molecule has 3 aliphatic rings. The normalized spacial score (nSPS) is 39.6. The average molecular weight is 270 g/mol. The van der Waals surface area contributed by atoms with Crippen molar-refractivity contribution >= 4 is 23.5 Å². The van der Waals surface area contributed by atoms with E-state index in [0.717, 1.165) is 17.4 Å². The van der Waals surface area contributed by atoms with E-state index in [1.54, 1.807) is 5.57 Å². The highest BCUT2D eigenvalue weighted by Gasteiger charge is 2.46. The summed E-state index contributed by atoms with van der Waals surface area (Å²) in [7, 11) is 0. The number of thioether (sulfide) groups is 2. The van der Waals surface area contributed by atoms with Gasteiger partial charge in [0.15, 0.2) is 0 Å². The van der Waals surface area contributed by atoms with Crippen molar-refractivity contribution in [3.63, 3.8) is 0 Å². The van der Waals surface area contributed by atoms with E-state index in [-0.39, 0.29) is 6.10 Å². The summed E-state index contributed by atoms with van der Waals surface area (Å²) in [4.78, 5) is 0. The molecule has 1 nitrogen and oxygen atoms in total. The molecule has 2 atom stereocenters. The molecule has 3 rings (SSSR count). The van der Waals surface area contributed by atoms with E-state index in [1.807, 2.05) is 0 Å². The van der Waals surface area contributed by atoms with E-state index in [2.05, 4.69) is 29.6 Å². The van der Waals surface area contributed by atoms with Gasteiger partial charge in [-0.1, -0.05) is 11.6 Å². The van der Waals surface area contributed by atoms with Gasteiger partial charge in [0.2, 0.25) is 0 Å². The van der Waals surface area contributed by atoms with Gasteiger partial charge in [-0.25, -0.2) is 0 Å². The van der Waals surface area contributed by atoms with Crippen molar-refractivity contribution in [1.82, 2.24) is 0 Å². The number of hydrogen-bond acceptors (Lipinski definition) is 3. The van der Waals surface area contributed by atoms with Gasteiger partial charge in [0.1, 0.15) is 0 Å². The van der Waals surface area contributed by atoms with Gasteiger partial charge in [0.05, 0.1) is 10.7 Å². The number of aliphatic hydroxyl groups is 1. The summed E-state index contributed by atoms with van der Waals surface area (Å²) in [6, 6.07) is 0. The molecule has 96 valence electrons. The molecular formula is C14H22OS2. The Morgan fingerprint density at radius 1 is 1.18 bits per heavy atom. The van der Waals surface area contributed by atoms with Crippen LogP contribution in [-0.4, -0.2) is 27.3 Å². The zero-order valence-electron chi connectivity index (χ0n) is 10.4. The van der Waals surface area contributed by atoms with Crippen LogP contribution >= 0.6 is 23.5 Å². The molecule has 1 heterocycles. The molecule has 0 radical (unpaired) electrons. The largest absolute Gasteiger partial charge is 0.393 e. The van der Waals surface area contributed by atoms with Gasteiger partial charge < -0.3 is 5.11 Å². The summed E-state index contributed by atoms with van der Waals surface area (Å²) < 4.78 is 0.773. The Kier molecular flexibility index (Phi) is 3.79. The highest BCUT2D eigenvalue weighted by molar-refractivity contribution is 8.17. The van der Waals surface area contributed by atoms with E-state index in [1.165, 1.54) is 43.6 Å². The molecule has 0 aromatic rings. The van der Waals surface area contributed by atoms with Crippen molar-refractivity contribution < 1.29 is 5.11 Å². The Bertz CT molecular complexity index is 309. The molecule has 1 aliphatic heterocycles. The second-order valence-electron chi connectivity index (χ2n) is 5.60. The maximum Gasteiger partial charge on any atom is 0.0595 e. The van der Waals surface area contributed by atoms with Crippen LogP contribution in [0.25, 0.3) is 0 Å². The van der Waals surface area contributed by atoms with Crippen molar-refractivity contribution in [2.24, 2.45) is 5.41 Å². The molecule has 2 fully saturated rings. The van der Waals surface area contributed by atoms with Crippen LogP contribution in [0.2, 0.25) is 0 Å². The Hall–Kier alpha value is 0.400. The minimum absolute atomic E-state index is 0.0638. The van der Waals surface area contributed by atoms with Crippen LogP contribution in [0.1, 0.15) is 44.9 Å². The molecule has 0 aromatic heterocycles. The monoisotopic (exact) mass is 270 g/mol. The van der Waals surface area contributed by atoms with Crippen molar-refractivity contribution in [3.8, 4) is 0 Å². The number of allylic oxidation sites excluding steroid dienone is 1. The molecule has 1 N–H and O–H groups in total. The molecule has 1 saturated heterocycles. The molecule has 0 spiro atoms. The van der Waals surface area contributed by atoms with Crippen LogP contribution in [0.3, 0.4) is 0 Å². The molecule has 1 saturated carbocycles. The van der Waals surface area contributed by atoms with Gasteiger partial charge in [-0.3, -0.25) is 0 Å². The Morgan fingerprint density at radius 3 is 2.82 bits per heavy atom. The van der Waals surface area contributed by atoms with Gasteiger partial charge in [-0.15, -0.1) is 23.5 Å². The fourth-order valence-corrected chi connectivity index (χ4v) is 7.21. The van der Waals surface area contributed by atoms with Crippen LogP contribution in [0.4, 0.5) is 0 Å². The van der Waals surface area contributed by atoms with Crippen molar-refractivity contribution in [2.45, 2.75) is 55.6 Å². The number of hydrogen-bond donors (Lipinski definition) is 1. The van der Waals surface area contributed by atoms with E-state index in [0.29, 0.717) is 5.41 Å². The minimum atomic E-state index is -0.0638. The highest BCUT2D eigenvalue weighted by Crippen LogP contribution is 2.57. The maximum absolute atomic E-state index is 9.91. The van der Waals surface area contributed by atoms with Gasteiger partial charge >= 0.3 is 0 Å². The Morgan fingerprint density at radius 2 is 2.00 bits per heavy atom. The Labute approximate surface area is 113 Å². The van der Waals surface area contributed by atoms with E-state index in [4.69, 9.17) is 0 Å². The number of rotatable bonds is 1. The Balaban J connectivity index is 1.85.